The molecule has 0 amide bonds. The molecule has 0 radical (unpaired) electrons. The van der Waals surface area contributed by atoms with E-state index >= 15 is 0 Å². The van der Waals surface area contributed by atoms with E-state index in [0.717, 1.165) is 39.2 Å². The highest BCUT2D eigenvalue weighted by atomic mass is 31.0. The number of aryl methyl sites for hydroxylation is 2. The Morgan fingerprint density at radius 3 is 2.57 bits per heavy atom. The molecule has 3 rings (SSSR count). The number of fused-ring (bicyclic) bond motifs is 1. The quantitative estimate of drug-likeness (QED) is 0.333. The molecule has 1 unspecified atom stereocenters. The van der Waals surface area contributed by atoms with Crippen molar-refractivity contribution in [1.29, 1.82) is 0 Å². The molecule has 3 aromatic rings. The van der Waals surface area contributed by atoms with Crippen molar-refractivity contribution in [3.05, 3.63) is 58.8 Å². The predicted octanol–water partition coefficient (Wildman–Crippen LogP) is 4.53. The van der Waals surface area contributed by atoms with Crippen LogP contribution in [0.3, 0.4) is 0 Å². The van der Waals surface area contributed by atoms with Crippen LogP contribution in [0.1, 0.15) is 22.4 Å². The van der Waals surface area contributed by atoms with Crippen LogP contribution in [0.4, 0.5) is 0 Å². The Balaban J connectivity index is 2.33. The van der Waals surface area contributed by atoms with Gasteiger partial charge in [0.2, 0.25) is 0 Å². The van der Waals surface area contributed by atoms with Crippen LogP contribution in [-0.2, 0) is 0 Å². The number of oxime groups is 1. The number of hydrogen-bond donors (Lipinski definition) is 1. The van der Waals surface area contributed by atoms with E-state index in [9.17, 15) is 0 Å². The molecule has 118 valence electrons. The van der Waals surface area contributed by atoms with Crippen LogP contribution in [0.15, 0.2) is 41.6 Å². The first-order chi connectivity index (χ1) is 11.1. The zero-order valence-corrected chi connectivity index (χ0v) is 14.5. The molecule has 1 aromatic heterocycles. The Kier molecular flexibility index (Phi) is 4.10. The summed E-state index contributed by atoms with van der Waals surface area (Å²) in [6.07, 6.45) is 1.50. The molecule has 2 aromatic carbocycles. The van der Waals surface area contributed by atoms with Gasteiger partial charge in [-0.2, -0.15) is 0 Å². The van der Waals surface area contributed by atoms with Gasteiger partial charge in [-0.1, -0.05) is 16.8 Å². The molecular formula is C18H19N2O2P. The highest BCUT2D eigenvalue weighted by Gasteiger charge is 2.15. The molecule has 0 spiro atoms. The van der Waals surface area contributed by atoms with Gasteiger partial charge in [0.25, 0.3) is 0 Å². The lowest BCUT2D eigenvalue weighted by Gasteiger charge is -2.12. The number of rotatable bonds is 3. The molecule has 1 heterocycles. The first-order valence-electron chi connectivity index (χ1n) is 7.33. The zero-order chi connectivity index (χ0) is 16.6. The van der Waals surface area contributed by atoms with E-state index in [1.54, 1.807) is 0 Å². The van der Waals surface area contributed by atoms with E-state index in [4.69, 9.17) is 9.73 Å². The Morgan fingerprint density at radius 1 is 1.13 bits per heavy atom. The molecule has 0 aliphatic heterocycles. The van der Waals surface area contributed by atoms with Crippen LogP contribution in [-0.4, -0.2) is 16.0 Å². The minimum atomic E-state index is 0.834. The van der Waals surface area contributed by atoms with Gasteiger partial charge in [-0.15, -0.1) is 0 Å². The van der Waals surface area contributed by atoms with Gasteiger partial charge < -0.3 is 14.3 Å². The van der Waals surface area contributed by atoms with E-state index in [2.05, 4.69) is 50.4 Å². The predicted molar refractivity (Wildman–Crippen MR) is 97.2 cm³/mol. The number of benzene rings is 2. The first-order valence-corrected chi connectivity index (χ1v) is 7.80. The Labute approximate surface area is 137 Å². The molecule has 0 aliphatic carbocycles. The maximum Gasteiger partial charge on any atom is 0.125 e. The Hall–Kier alpha value is -2.32. The fourth-order valence-corrected chi connectivity index (χ4v) is 3.28. The monoisotopic (exact) mass is 326 g/mol. The normalized spacial score (nSPS) is 11.5. The van der Waals surface area contributed by atoms with Crippen LogP contribution in [0.2, 0.25) is 0 Å². The average molecular weight is 326 g/mol. The second-order valence-corrected chi connectivity index (χ2v) is 5.90. The molecule has 4 nitrogen and oxygen atoms in total. The minimum absolute atomic E-state index is 0.834. The SMILES string of the molecule is Cc1ccc2c(c1)c(/C=N\O)c(C)n2-c1ccc(OP)c(C)c1. The van der Waals surface area contributed by atoms with Crippen LogP contribution < -0.4 is 4.52 Å². The minimum Gasteiger partial charge on any atom is -0.480 e. The molecule has 0 saturated carbocycles. The molecule has 5 heteroatoms. The van der Waals surface area contributed by atoms with Gasteiger partial charge in [0.1, 0.15) is 5.75 Å². The van der Waals surface area contributed by atoms with Crippen molar-refractivity contribution >= 4 is 26.6 Å². The smallest absolute Gasteiger partial charge is 0.125 e. The number of aromatic nitrogens is 1. The van der Waals surface area contributed by atoms with E-state index in [1.165, 1.54) is 11.8 Å². The van der Waals surface area contributed by atoms with Crippen molar-refractivity contribution in [2.45, 2.75) is 20.8 Å². The van der Waals surface area contributed by atoms with Crippen molar-refractivity contribution in [3.63, 3.8) is 0 Å². The summed E-state index contributed by atoms with van der Waals surface area (Å²) in [7, 11) is 2.28. The summed E-state index contributed by atoms with van der Waals surface area (Å²) < 4.78 is 7.44. The maximum atomic E-state index is 9.01. The Bertz CT molecular complexity index is 913. The fourth-order valence-electron chi connectivity index (χ4n) is 3.01. The zero-order valence-electron chi connectivity index (χ0n) is 13.4. The van der Waals surface area contributed by atoms with Gasteiger partial charge in [-0.3, -0.25) is 0 Å². The van der Waals surface area contributed by atoms with Crippen LogP contribution >= 0.6 is 9.47 Å². The highest BCUT2D eigenvalue weighted by Crippen LogP contribution is 2.31. The number of hydrogen-bond acceptors (Lipinski definition) is 3. The molecule has 0 saturated heterocycles. The van der Waals surface area contributed by atoms with Gasteiger partial charge >= 0.3 is 0 Å². The van der Waals surface area contributed by atoms with E-state index in [0.29, 0.717) is 0 Å². The average Bonchev–Trinajstić information content (AvgIpc) is 2.80. The molecule has 0 fully saturated rings. The molecular weight excluding hydrogens is 307 g/mol. The topological polar surface area (TPSA) is 46.8 Å². The van der Waals surface area contributed by atoms with Crippen molar-refractivity contribution in [2.75, 3.05) is 0 Å². The summed E-state index contributed by atoms with van der Waals surface area (Å²) in [5, 5.41) is 13.3. The van der Waals surface area contributed by atoms with Crippen molar-refractivity contribution in [1.82, 2.24) is 4.57 Å². The lowest BCUT2D eigenvalue weighted by Crippen LogP contribution is -1.98. The van der Waals surface area contributed by atoms with Crippen molar-refractivity contribution in [2.24, 2.45) is 5.16 Å². The summed E-state index contributed by atoms with van der Waals surface area (Å²) in [4.78, 5) is 0. The third-order valence-electron chi connectivity index (χ3n) is 4.14. The van der Waals surface area contributed by atoms with Gasteiger partial charge in [-0.05, 0) is 56.7 Å². The third-order valence-corrected chi connectivity index (χ3v) is 4.39. The molecule has 1 atom stereocenters. The van der Waals surface area contributed by atoms with E-state index in [1.807, 2.05) is 26.0 Å². The lowest BCUT2D eigenvalue weighted by atomic mass is 10.1. The van der Waals surface area contributed by atoms with Crippen LogP contribution in [0.25, 0.3) is 16.6 Å². The fraction of sp³-hybridized carbons (Fsp3) is 0.167. The lowest BCUT2D eigenvalue weighted by molar-refractivity contribution is 0.322. The largest absolute Gasteiger partial charge is 0.480 e. The summed E-state index contributed by atoms with van der Waals surface area (Å²) in [5.74, 6) is 0.834. The van der Waals surface area contributed by atoms with E-state index < -0.39 is 0 Å². The van der Waals surface area contributed by atoms with E-state index in [-0.39, 0.29) is 0 Å². The van der Waals surface area contributed by atoms with Gasteiger partial charge in [0.15, 0.2) is 0 Å². The van der Waals surface area contributed by atoms with Crippen molar-refractivity contribution in [3.8, 4) is 11.4 Å². The van der Waals surface area contributed by atoms with Crippen LogP contribution in [0.5, 0.6) is 5.75 Å². The highest BCUT2D eigenvalue weighted by molar-refractivity contribution is 7.10. The van der Waals surface area contributed by atoms with Gasteiger partial charge in [0.05, 0.1) is 21.2 Å². The van der Waals surface area contributed by atoms with Gasteiger partial charge in [-0.25, -0.2) is 0 Å². The summed E-state index contributed by atoms with van der Waals surface area (Å²) >= 11 is 0. The summed E-state index contributed by atoms with van der Waals surface area (Å²) in [6.45, 7) is 6.10. The second-order valence-electron chi connectivity index (χ2n) is 5.67. The summed E-state index contributed by atoms with van der Waals surface area (Å²) in [6, 6.07) is 12.4. The molecule has 1 N–H and O–H groups in total. The third kappa shape index (κ3) is 2.60. The molecule has 0 bridgehead atoms. The number of nitrogens with zero attached hydrogens (tertiary/aromatic N) is 2. The van der Waals surface area contributed by atoms with Crippen LogP contribution in [0, 0.1) is 20.8 Å². The first kappa shape index (κ1) is 15.6. The molecule has 23 heavy (non-hydrogen) atoms. The Morgan fingerprint density at radius 2 is 1.91 bits per heavy atom. The maximum absolute atomic E-state index is 9.01. The molecule has 0 aliphatic rings. The summed E-state index contributed by atoms with van der Waals surface area (Å²) in [5.41, 5.74) is 6.32. The second kappa shape index (κ2) is 6.05. The standard InChI is InChI=1S/C18H19N2O2P/c1-11-4-6-17-15(8-11)16(10-19-21)13(3)20(17)14-5-7-18(22-23)12(2)9-14/h4-10,21H,23H2,1-3H3/b19-10-. The van der Waals surface area contributed by atoms with Gasteiger partial charge in [0, 0.05) is 22.3 Å². The van der Waals surface area contributed by atoms with Crippen molar-refractivity contribution < 1.29 is 9.73 Å².